The summed E-state index contributed by atoms with van der Waals surface area (Å²) in [6.07, 6.45) is 1.90. The number of rotatable bonds is 5. The second-order valence-electron chi connectivity index (χ2n) is 3.07. The normalized spacial score (nSPS) is 9.67. The van der Waals surface area contributed by atoms with E-state index in [1.165, 1.54) is 0 Å². The zero-order chi connectivity index (χ0) is 11.1. The van der Waals surface area contributed by atoms with Crippen molar-refractivity contribution >= 4 is 0 Å². The van der Waals surface area contributed by atoms with Gasteiger partial charge >= 0.3 is 0 Å². The van der Waals surface area contributed by atoms with Gasteiger partial charge in [0.2, 0.25) is 0 Å². The molecule has 0 aromatic heterocycles. The predicted octanol–water partition coefficient (Wildman–Crippen LogP) is 3.04. The van der Waals surface area contributed by atoms with Gasteiger partial charge in [0.05, 0.1) is 12.7 Å². The van der Waals surface area contributed by atoms with Crippen LogP contribution in [0.25, 0.3) is 0 Å². The molecule has 4 heteroatoms. The second-order valence-corrected chi connectivity index (χ2v) is 3.07. The van der Waals surface area contributed by atoms with E-state index in [1.807, 2.05) is 6.07 Å². The van der Waals surface area contributed by atoms with E-state index in [2.05, 4.69) is 0 Å². The highest BCUT2D eigenvalue weighted by molar-refractivity contribution is 5.23. The summed E-state index contributed by atoms with van der Waals surface area (Å²) >= 11 is 0. The molecular weight excluding hydrogens is 200 g/mol. The molecule has 0 N–H and O–H groups in total. The van der Waals surface area contributed by atoms with Crippen LogP contribution in [0.2, 0.25) is 0 Å². The minimum absolute atomic E-state index is 0.185. The van der Waals surface area contributed by atoms with Crippen molar-refractivity contribution in [2.24, 2.45) is 0 Å². The number of nitriles is 1. The summed E-state index contributed by atoms with van der Waals surface area (Å²) in [5.41, 5.74) is 0. The lowest BCUT2D eigenvalue weighted by Crippen LogP contribution is -1.98. The third-order valence-electron chi connectivity index (χ3n) is 1.79. The Morgan fingerprint density at radius 3 is 2.40 bits per heavy atom. The Morgan fingerprint density at radius 1 is 1.13 bits per heavy atom. The largest absolute Gasteiger partial charge is 0.493 e. The number of ether oxygens (including phenoxy) is 1. The average Bonchev–Trinajstić information content (AvgIpc) is 2.16. The fraction of sp³-hybridized carbons (Fsp3) is 0.364. The van der Waals surface area contributed by atoms with Crippen molar-refractivity contribution in [1.29, 1.82) is 5.26 Å². The molecule has 0 aliphatic rings. The maximum atomic E-state index is 12.7. The molecule has 0 aliphatic heterocycles. The fourth-order valence-electron chi connectivity index (χ4n) is 1.11. The number of hydrogen-bond donors (Lipinski definition) is 0. The number of benzene rings is 1. The third-order valence-corrected chi connectivity index (χ3v) is 1.79. The first-order valence-electron chi connectivity index (χ1n) is 4.68. The molecule has 0 radical (unpaired) electrons. The van der Waals surface area contributed by atoms with Gasteiger partial charge in [-0.25, -0.2) is 8.78 Å². The van der Waals surface area contributed by atoms with E-state index in [1.54, 1.807) is 0 Å². The van der Waals surface area contributed by atoms with Crippen molar-refractivity contribution in [3.63, 3.8) is 0 Å². The van der Waals surface area contributed by atoms with Crippen LogP contribution < -0.4 is 4.74 Å². The lowest BCUT2D eigenvalue weighted by atomic mass is 10.2. The Morgan fingerprint density at radius 2 is 1.80 bits per heavy atom. The fourth-order valence-corrected chi connectivity index (χ4v) is 1.11. The van der Waals surface area contributed by atoms with Gasteiger partial charge in [-0.3, -0.25) is 0 Å². The van der Waals surface area contributed by atoms with Gasteiger partial charge in [0.25, 0.3) is 0 Å². The third kappa shape index (κ3) is 4.41. The Labute approximate surface area is 87.1 Å². The van der Waals surface area contributed by atoms with E-state index in [0.29, 0.717) is 19.4 Å². The molecule has 0 aliphatic carbocycles. The van der Waals surface area contributed by atoms with Gasteiger partial charge in [-0.1, -0.05) is 0 Å². The summed E-state index contributed by atoms with van der Waals surface area (Å²) in [6.45, 7) is 0.366. The van der Waals surface area contributed by atoms with Crippen molar-refractivity contribution < 1.29 is 13.5 Å². The van der Waals surface area contributed by atoms with Gasteiger partial charge in [0.1, 0.15) is 17.4 Å². The van der Waals surface area contributed by atoms with E-state index in [0.717, 1.165) is 24.6 Å². The molecule has 0 saturated carbocycles. The van der Waals surface area contributed by atoms with Crippen LogP contribution in [0, 0.1) is 23.0 Å². The van der Waals surface area contributed by atoms with E-state index < -0.39 is 11.6 Å². The van der Waals surface area contributed by atoms with Gasteiger partial charge in [0.15, 0.2) is 0 Å². The molecule has 0 fully saturated rings. The van der Waals surface area contributed by atoms with Crippen LogP contribution in [0.15, 0.2) is 18.2 Å². The number of hydrogen-bond acceptors (Lipinski definition) is 2. The van der Waals surface area contributed by atoms with Crippen molar-refractivity contribution in [2.75, 3.05) is 6.61 Å². The summed E-state index contributed by atoms with van der Waals surface area (Å²) in [7, 11) is 0. The lowest BCUT2D eigenvalue weighted by Gasteiger charge is -2.05. The molecular formula is C11H11F2NO. The molecule has 0 spiro atoms. The average molecular weight is 211 g/mol. The number of unbranched alkanes of at least 4 members (excludes halogenated alkanes) is 2. The van der Waals surface area contributed by atoms with Crippen LogP contribution in [0.4, 0.5) is 8.78 Å². The summed E-state index contributed by atoms with van der Waals surface area (Å²) in [5.74, 6) is -1.12. The first-order chi connectivity index (χ1) is 7.22. The molecule has 0 bridgehead atoms. The summed E-state index contributed by atoms with van der Waals surface area (Å²) in [6, 6.07) is 5.07. The van der Waals surface area contributed by atoms with Crippen LogP contribution in [0.1, 0.15) is 19.3 Å². The topological polar surface area (TPSA) is 33.0 Å². The van der Waals surface area contributed by atoms with Crippen molar-refractivity contribution in [3.8, 4) is 11.8 Å². The minimum atomic E-state index is -0.651. The molecule has 2 nitrogen and oxygen atoms in total. The van der Waals surface area contributed by atoms with Crippen LogP contribution in [0.5, 0.6) is 5.75 Å². The second kappa shape index (κ2) is 5.97. The van der Waals surface area contributed by atoms with Crippen molar-refractivity contribution in [1.82, 2.24) is 0 Å². The van der Waals surface area contributed by atoms with Gasteiger partial charge < -0.3 is 4.74 Å². The number of halogens is 2. The predicted molar refractivity (Wildman–Crippen MR) is 51.3 cm³/mol. The smallest absolute Gasteiger partial charge is 0.129 e. The minimum Gasteiger partial charge on any atom is -0.493 e. The highest BCUT2D eigenvalue weighted by Crippen LogP contribution is 2.15. The maximum absolute atomic E-state index is 12.7. The summed E-state index contributed by atoms with van der Waals surface area (Å²) < 4.78 is 30.5. The van der Waals surface area contributed by atoms with Gasteiger partial charge in [-0.05, 0) is 12.8 Å². The van der Waals surface area contributed by atoms with Crippen LogP contribution in [-0.2, 0) is 0 Å². The molecule has 0 saturated heterocycles. The van der Waals surface area contributed by atoms with Gasteiger partial charge in [-0.15, -0.1) is 0 Å². The van der Waals surface area contributed by atoms with E-state index in [4.69, 9.17) is 10.00 Å². The molecule has 80 valence electrons. The van der Waals surface area contributed by atoms with Crippen LogP contribution in [0.3, 0.4) is 0 Å². The lowest BCUT2D eigenvalue weighted by molar-refractivity contribution is 0.304. The Kier molecular flexibility index (Phi) is 4.55. The monoisotopic (exact) mass is 211 g/mol. The standard InChI is InChI=1S/C11H11F2NO/c12-9-6-10(13)8-11(7-9)15-5-3-1-2-4-14/h6-8H,1-3,5H2. The quantitative estimate of drug-likeness (QED) is 0.701. The molecule has 0 heterocycles. The molecule has 0 amide bonds. The molecule has 1 aromatic carbocycles. The summed E-state index contributed by atoms with van der Waals surface area (Å²) in [5, 5.41) is 8.27. The Balaban J connectivity index is 2.34. The van der Waals surface area contributed by atoms with Crippen LogP contribution >= 0.6 is 0 Å². The van der Waals surface area contributed by atoms with Crippen LogP contribution in [-0.4, -0.2) is 6.61 Å². The molecule has 0 atom stereocenters. The summed E-state index contributed by atoms with van der Waals surface area (Å²) in [4.78, 5) is 0. The van der Waals surface area contributed by atoms with Gasteiger partial charge in [-0.2, -0.15) is 5.26 Å². The maximum Gasteiger partial charge on any atom is 0.129 e. The Hall–Kier alpha value is -1.63. The molecule has 0 unspecified atom stereocenters. The van der Waals surface area contributed by atoms with E-state index >= 15 is 0 Å². The molecule has 1 rings (SSSR count). The molecule has 15 heavy (non-hydrogen) atoms. The Bertz CT molecular complexity index is 340. The highest BCUT2D eigenvalue weighted by atomic mass is 19.1. The van der Waals surface area contributed by atoms with Gasteiger partial charge in [0, 0.05) is 24.6 Å². The van der Waals surface area contributed by atoms with E-state index in [-0.39, 0.29) is 5.75 Å². The zero-order valence-corrected chi connectivity index (χ0v) is 8.17. The number of nitrogens with zero attached hydrogens (tertiary/aromatic N) is 1. The van der Waals surface area contributed by atoms with E-state index in [9.17, 15) is 8.78 Å². The van der Waals surface area contributed by atoms with Crippen molar-refractivity contribution in [3.05, 3.63) is 29.8 Å². The SMILES string of the molecule is N#CCCCCOc1cc(F)cc(F)c1. The molecule has 1 aromatic rings. The van der Waals surface area contributed by atoms with Crippen molar-refractivity contribution in [2.45, 2.75) is 19.3 Å². The highest BCUT2D eigenvalue weighted by Gasteiger charge is 2.00. The first kappa shape index (κ1) is 11.4. The zero-order valence-electron chi connectivity index (χ0n) is 8.17. The first-order valence-corrected chi connectivity index (χ1v) is 4.68.